The van der Waals surface area contributed by atoms with Crippen molar-refractivity contribution in [1.29, 1.82) is 0 Å². The first-order valence-corrected chi connectivity index (χ1v) is 10.6. The summed E-state index contributed by atoms with van der Waals surface area (Å²) in [5, 5.41) is 21.3. The van der Waals surface area contributed by atoms with Crippen LogP contribution in [0.1, 0.15) is 42.0 Å². The van der Waals surface area contributed by atoms with Crippen molar-refractivity contribution in [3.63, 3.8) is 0 Å². The van der Waals surface area contributed by atoms with Crippen molar-refractivity contribution in [2.45, 2.75) is 43.7 Å². The normalized spacial score (nSPS) is 20.7. The van der Waals surface area contributed by atoms with Crippen LogP contribution in [-0.4, -0.2) is 34.1 Å². The summed E-state index contributed by atoms with van der Waals surface area (Å²) in [5.41, 5.74) is 3.86. The Balaban J connectivity index is 1.42. The van der Waals surface area contributed by atoms with Crippen LogP contribution in [0.4, 0.5) is 10.6 Å². The first kappa shape index (κ1) is 19.6. The number of rotatable bonds is 4. The number of carbonyl (C=O) groups is 1. The first-order chi connectivity index (χ1) is 15.0. The van der Waals surface area contributed by atoms with Gasteiger partial charge in [0.1, 0.15) is 5.82 Å². The van der Waals surface area contributed by atoms with Crippen LogP contribution in [0.15, 0.2) is 54.6 Å². The van der Waals surface area contributed by atoms with E-state index >= 15 is 0 Å². The molecule has 5 rings (SSSR count). The molecule has 3 aromatic rings. The molecule has 0 bridgehead atoms. The van der Waals surface area contributed by atoms with Crippen molar-refractivity contribution in [3.05, 3.63) is 71.3 Å². The predicted molar refractivity (Wildman–Crippen MR) is 118 cm³/mol. The molecule has 2 aromatic carbocycles. The van der Waals surface area contributed by atoms with E-state index in [1.807, 2.05) is 55.5 Å². The molecule has 0 saturated heterocycles. The number of carbonyl (C=O) groups excluding carboxylic acids is 1. The van der Waals surface area contributed by atoms with Crippen LogP contribution in [0.3, 0.4) is 0 Å². The van der Waals surface area contributed by atoms with Gasteiger partial charge in [-0.2, -0.15) is 0 Å². The smallest absolute Gasteiger partial charge is 0.320 e. The third-order valence-corrected chi connectivity index (χ3v) is 6.50. The summed E-state index contributed by atoms with van der Waals surface area (Å²) < 4.78 is 7.02. The van der Waals surface area contributed by atoms with Gasteiger partial charge in [0.2, 0.25) is 5.88 Å². The average molecular weight is 418 g/mol. The first-order valence-electron chi connectivity index (χ1n) is 10.6. The number of aliphatic hydroxyl groups is 1. The molecule has 160 valence electrons. The van der Waals surface area contributed by atoms with Crippen LogP contribution in [0.25, 0.3) is 5.69 Å². The fourth-order valence-corrected chi connectivity index (χ4v) is 4.74. The Hall–Kier alpha value is -3.32. The van der Waals surface area contributed by atoms with E-state index in [0.717, 1.165) is 29.7 Å². The van der Waals surface area contributed by atoms with Crippen LogP contribution in [-0.2, 0) is 5.41 Å². The summed E-state index contributed by atoms with van der Waals surface area (Å²) in [5.74, 6) is 0.968. The van der Waals surface area contributed by atoms with Crippen molar-refractivity contribution in [2.75, 3.05) is 12.4 Å². The van der Waals surface area contributed by atoms with E-state index in [1.165, 1.54) is 5.56 Å². The van der Waals surface area contributed by atoms with Crippen LogP contribution in [0, 0.1) is 6.92 Å². The quantitative estimate of drug-likeness (QED) is 0.601. The molecule has 1 fully saturated rings. The van der Waals surface area contributed by atoms with E-state index in [9.17, 15) is 9.90 Å². The number of anilines is 1. The second-order valence-corrected chi connectivity index (χ2v) is 8.45. The van der Waals surface area contributed by atoms with Gasteiger partial charge in [-0.1, -0.05) is 42.5 Å². The maximum atomic E-state index is 13.0. The van der Waals surface area contributed by atoms with Crippen LogP contribution in [0.5, 0.6) is 5.88 Å². The van der Waals surface area contributed by atoms with E-state index in [-0.39, 0.29) is 5.41 Å². The van der Waals surface area contributed by atoms with E-state index < -0.39 is 18.2 Å². The summed E-state index contributed by atoms with van der Waals surface area (Å²) in [6, 6.07) is 16.8. The van der Waals surface area contributed by atoms with E-state index in [4.69, 9.17) is 4.74 Å². The lowest BCUT2D eigenvalue weighted by atomic mass is 9.76. The number of para-hydroxylation sites is 1. The van der Waals surface area contributed by atoms with Crippen molar-refractivity contribution in [2.24, 2.45) is 0 Å². The SMILES string of the molecule is COc1nn(-c2ccccc2)c(NC(=O)NC2c3ccccc3C3(CC3)CC2O)c1C. The summed E-state index contributed by atoms with van der Waals surface area (Å²) in [6.07, 6.45) is 2.23. The number of aromatic nitrogens is 2. The number of amides is 2. The van der Waals surface area contributed by atoms with Crippen LogP contribution in [0.2, 0.25) is 0 Å². The monoisotopic (exact) mass is 418 g/mol. The summed E-state index contributed by atoms with van der Waals surface area (Å²) in [7, 11) is 1.55. The second-order valence-electron chi connectivity index (χ2n) is 8.45. The number of fused-ring (bicyclic) bond motifs is 2. The number of hydrogen-bond donors (Lipinski definition) is 3. The van der Waals surface area contributed by atoms with Crippen molar-refractivity contribution < 1.29 is 14.6 Å². The van der Waals surface area contributed by atoms with Gasteiger partial charge in [0, 0.05) is 0 Å². The zero-order chi connectivity index (χ0) is 21.6. The Morgan fingerprint density at radius 1 is 1.16 bits per heavy atom. The molecule has 0 aliphatic heterocycles. The Labute approximate surface area is 181 Å². The number of nitrogens with one attached hydrogen (secondary N) is 2. The van der Waals surface area contributed by atoms with Gasteiger partial charge in [-0.3, -0.25) is 5.32 Å². The van der Waals surface area contributed by atoms with Gasteiger partial charge in [0.25, 0.3) is 0 Å². The molecule has 2 amide bonds. The Morgan fingerprint density at radius 2 is 1.87 bits per heavy atom. The fourth-order valence-electron chi connectivity index (χ4n) is 4.74. The zero-order valence-corrected chi connectivity index (χ0v) is 17.6. The summed E-state index contributed by atoms with van der Waals surface area (Å²) in [6.45, 7) is 1.85. The van der Waals surface area contributed by atoms with Gasteiger partial charge in [-0.15, -0.1) is 5.10 Å². The molecular formula is C24H26N4O3. The number of hydrogen-bond acceptors (Lipinski definition) is 4. The predicted octanol–water partition coefficient (Wildman–Crippen LogP) is 3.85. The van der Waals surface area contributed by atoms with Crippen LogP contribution >= 0.6 is 0 Å². The van der Waals surface area contributed by atoms with Crippen molar-refractivity contribution in [1.82, 2.24) is 15.1 Å². The molecule has 2 aliphatic rings. The van der Waals surface area contributed by atoms with Gasteiger partial charge < -0.3 is 15.2 Å². The molecule has 1 saturated carbocycles. The lowest BCUT2D eigenvalue weighted by Gasteiger charge is -2.36. The van der Waals surface area contributed by atoms with Gasteiger partial charge in [-0.25, -0.2) is 9.48 Å². The lowest BCUT2D eigenvalue weighted by molar-refractivity contribution is 0.100. The topological polar surface area (TPSA) is 88.4 Å². The highest BCUT2D eigenvalue weighted by Crippen LogP contribution is 2.57. The highest BCUT2D eigenvalue weighted by Gasteiger charge is 2.52. The molecule has 3 N–H and O–H groups in total. The molecule has 31 heavy (non-hydrogen) atoms. The fraction of sp³-hybridized carbons (Fsp3) is 0.333. The maximum Gasteiger partial charge on any atom is 0.320 e. The number of nitrogens with zero attached hydrogens (tertiary/aromatic N) is 2. The maximum absolute atomic E-state index is 13.0. The minimum Gasteiger partial charge on any atom is -0.480 e. The molecule has 7 nitrogen and oxygen atoms in total. The standard InChI is InChI=1S/C24H26N4O3/c1-15-21(28(27-22(15)31-2)16-8-4-3-5-9-16)26-23(30)25-20-17-10-6-7-11-18(17)24(12-13-24)14-19(20)29/h3-11,19-20,29H,12-14H2,1-2H3,(H2,25,26,30). The minimum atomic E-state index is -0.627. The molecule has 1 spiro atoms. The number of ether oxygens (including phenoxy) is 1. The van der Waals surface area contributed by atoms with Gasteiger partial charge >= 0.3 is 6.03 Å². The van der Waals surface area contributed by atoms with Gasteiger partial charge in [0.15, 0.2) is 0 Å². The highest BCUT2D eigenvalue weighted by molar-refractivity contribution is 5.90. The van der Waals surface area contributed by atoms with Gasteiger partial charge in [0.05, 0.1) is 30.5 Å². The summed E-state index contributed by atoms with van der Waals surface area (Å²) in [4.78, 5) is 13.0. The van der Waals surface area contributed by atoms with Crippen molar-refractivity contribution >= 4 is 11.8 Å². The molecule has 0 radical (unpaired) electrons. The van der Waals surface area contributed by atoms with Crippen molar-refractivity contribution in [3.8, 4) is 11.6 Å². The largest absolute Gasteiger partial charge is 0.480 e. The molecule has 1 heterocycles. The molecular weight excluding hydrogens is 392 g/mol. The number of methoxy groups -OCH3 is 1. The lowest BCUT2D eigenvalue weighted by Crippen LogP contribution is -2.44. The van der Waals surface area contributed by atoms with E-state index in [1.54, 1.807) is 11.8 Å². The zero-order valence-electron chi connectivity index (χ0n) is 17.6. The number of urea groups is 1. The highest BCUT2D eigenvalue weighted by atomic mass is 16.5. The third-order valence-electron chi connectivity index (χ3n) is 6.50. The Morgan fingerprint density at radius 3 is 2.58 bits per heavy atom. The molecule has 2 unspecified atom stereocenters. The number of aliphatic hydroxyl groups excluding tert-OH is 1. The molecule has 1 aromatic heterocycles. The number of benzene rings is 2. The Kier molecular flexibility index (Phi) is 4.70. The molecule has 7 heteroatoms. The van der Waals surface area contributed by atoms with Gasteiger partial charge in [-0.05, 0) is 54.9 Å². The molecule has 2 aliphatic carbocycles. The Bertz CT molecular complexity index is 1120. The minimum absolute atomic E-state index is 0.0839. The van der Waals surface area contributed by atoms with E-state index in [2.05, 4.69) is 21.8 Å². The molecule has 2 atom stereocenters. The third kappa shape index (κ3) is 3.35. The van der Waals surface area contributed by atoms with Crippen LogP contribution < -0.4 is 15.4 Å². The summed E-state index contributed by atoms with van der Waals surface area (Å²) >= 11 is 0. The van der Waals surface area contributed by atoms with E-state index in [0.29, 0.717) is 18.1 Å². The average Bonchev–Trinajstić information content (AvgIpc) is 3.49. The second kappa shape index (κ2) is 7.42.